The number of carbonyl (C=O) groups excluding carboxylic acids is 3. The van der Waals surface area contributed by atoms with Gasteiger partial charge in [-0.05, 0) is 95.5 Å². The van der Waals surface area contributed by atoms with E-state index in [1.54, 1.807) is 34.3 Å². The van der Waals surface area contributed by atoms with Crippen LogP contribution in [-0.4, -0.2) is 120 Å². The van der Waals surface area contributed by atoms with E-state index >= 15 is 0 Å². The summed E-state index contributed by atoms with van der Waals surface area (Å²) in [5, 5.41) is 34.2. The Morgan fingerprint density at radius 3 is 2.29 bits per heavy atom. The Morgan fingerprint density at radius 1 is 0.946 bits per heavy atom. The van der Waals surface area contributed by atoms with Crippen LogP contribution in [0.5, 0.6) is 0 Å². The standard InChI is InChI=1S/C44H71NO11/c1-10-13-32-19-26(2)18-27(3)20-38(53-8)42-39(54-9)22-29(5)44(51,56-42)25-40(49)45-17-12-11-14-33(45)43(50)55-41(30(6)35(47)24-36(32)48)28(4)21-31-15-16-34(46)37(23-31)52-7/h10,19,21,27,29-35,37-39,41-42,46-47,51H,1,11-18,20,22-25H2,2-9H3/b26-19+,28-21+/t27-,29+,30+,31?,32+,33?,34+,35+,37+,38-,39-,41+,42+,44-/m0/s1. The van der Waals surface area contributed by atoms with E-state index in [1.807, 2.05) is 32.9 Å². The fourth-order valence-corrected chi connectivity index (χ4v) is 9.51. The number of nitrogens with zero attached hydrogens (tertiary/aromatic N) is 1. The molecule has 1 aliphatic carbocycles. The lowest BCUT2D eigenvalue weighted by atomic mass is 9.81. The van der Waals surface area contributed by atoms with Crippen molar-refractivity contribution in [3.05, 3.63) is 36.0 Å². The molecule has 4 rings (SSSR count). The predicted molar refractivity (Wildman–Crippen MR) is 212 cm³/mol. The first kappa shape index (κ1) is 46.2. The number of aliphatic hydroxyl groups is 3. The monoisotopic (exact) mass is 790 g/mol. The Labute approximate surface area is 335 Å². The lowest BCUT2D eigenvalue weighted by molar-refractivity contribution is -0.321. The molecule has 2 saturated heterocycles. The molecule has 3 heterocycles. The van der Waals surface area contributed by atoms with Gasteiger partial charge in [-0.1, -0.05) is 44.6 Å². The van der Waals surface area contributed by atoms with Crippen LogP contribution in [0.3, 0.4) is 0 Å². The lowest BCUT2D eigenvalue weighted by Gasteiger charge is -2.48. The second-order valence-corrected chi connectivity index (χ2v) is 17.4. The van der Waals surface area contributed by atoms with Gasteiger partial charge in [-0.15, -0.1) is 6.58 Å². The summed E-state index contributed by atoms with van der Waals surface area (Å²) in [6.07, 6.45) is 6.53. The molecule has 56 heavy (non-hydrogen) atoms. The number of hydrogen-bond donors (Lipinski definition) is 3. The number of esters is 1. The molecule has 14 atom stereocenters. The molecule has 2 unspecified atom stereocenters. The average molecular weight is 790 g/mol. The summed E-state index contributed by atoms with van der Waals surface area (Å²) in [5.41, 5.74) is 1.73. The lowest BCUT2D eigenvalue weighted by Crippen LogP contribution is -2.59. The van der Waals surface area contributed by atoms with E-state index in [0.717, 1.165) is 11.1 Å². The smallest absolute Gasteiger partial charge is 0.329 e. The van der Waals surface area contributed by atoms with Crippen molar-refractivity contribution in [3.63, 3.8) is 0 Å². The number of rotatable bonds is 7. The van der Waals surface area contributed by atoms with Gasteiger partial charge in [0.05, 0.1) is 36.9 Å². The second kappa shape index (κ2) is 21.0. The van der Waals surface area contributed by atoms with Gasteiger partial charge in [-0.3, -0.25) is 9.59 Å². The molecule has 0 aromatic carbocycles. The number of carbonyl (C=O) groups is 3. The molecule has 0 spiro atoms. The van der Waals surface area contributed by atoms with Gasteiger partial charge in [0.25, 0.3) is 0 Å². The number of fused-ring (bicyclic) bond motifs is 3. The Bertz CT molecular complexity index is 1400. The van der Waals surface area contributed by atoms with Crippen molar-refractivity contribution >= 4 is 17.7 Å². The highest BCUT2D eigenvalue weighted by Gasteiger charge is 2.51. The molecule has 1 amide bonds. The van der Waals surface area contributed by atoms with Crippen LogP contribution in [0.1, 0.15) is 112 Å². The van der Waals surface area contributed by atoms with Crippen LogP contribution in [-0.2, 0) is 38.1 Å². The number of cyclic esters (lactones) is 1. The fraction of sp³-hybridized carbons (Fsp3) is 0.795. The van der Waals surface area contributed by atoms with Crippen LogP contribution < -0.4 is 0 Å². The maximum Gasteiger partial charge on any atom is 0.329 e. The number of Topliss-reactive ketones (excluding diaryl/α,β-unsaturated/α-hetero) is 1. The molecular formula is C44H71NO11. The summed E-state index contributed by atoms with van der Waals surface area (Å²) in [6.45, 7) is 13.8. The molecule has 12 heteroatoms. The first-order valence-electron chi connectivity index (χ1n) is 20.9. The van der Waals surface area contributed by atoms with E-state index in [4.69, 9.17) is 23.7 Å². The van der Waals surface area contributed by atoms with Crippen molar-refractivity contribution in [2.24, 2.45) is 29.6 Å². The number of hydrogen-bond acceptors (Lipinski definition) is 11. The van der Waals surface area contributed by atoms with Crippen LogP contribution in [0.25, 0.3) is 0 Å². The quantitative estimate of drug-likeness (QED) is 0.222. The zero-order valence-corrected chi connectivity index (χ0v) is 35.2. The third kappa shape index (κ3) is 11.6. The predicted octanol–water partition coefficient (Wildman–Crippen LogP) is 5.46. The minimum atomic E-state index is -1.83. The Kier molecular flexibility index (Phi) is 17.3. The van der Waals surface area contributed by atoms with Gasteiger partial charge in [0, 0.05) is 52.0 Å². The molecular weight excluding hydrogens is 718 g/mol. The summed E-state index contributed by atoms with van der Waals surface area (Å²) < 4.78 is 30.2. The average Bonchev–Trinajstić information content (AvgIpc) is 3.16. The van der Waals surface area contributed by atoms with Gasteiger partial charge in [-0.2, -0.15) is 0 Å². The molecule has 12 nitrogen and oxygen atoms in total. The molecule has 1 saturated carbocycles. The van der Waals surface area contributed by atoms with Gasteiger partial charge in [0.1, 0.15) is 24.0 Å². The van der Waals surface area contributed by atoms with Crippen molar-refractivity contribution in [2.45, 2.75) is 166 Å². The van der Waals surface area contributed by atoms with Crippen LogP contribution in [0, 0.1) is 29.6 Å². The number of ether oxygens (including phenoxy) is 5. The van der Waals surface area contributed by atoms with Crippen molar-refractivity contribution < 1.29 is 53.4 Å². The van der Waals surface area contributed by atoms with E-state index < -0.39 is 72.0 Å². The summed E-state index contributed by atoms with van der Waals surface area (Å²) in [6, 6.07) is -0.906. The summed E-state index contributed by atoms with van der Waals surface area (Å²) in [5.74, 6) is -4.46. The van der Waals surface area contributed by atoms with Gasteiger partial charge < -0.3 is 43.9 Å². The van der Waals surface area contributed by atoms with Gasteiger partial charge in [0.2, 0.25) is 5.91 Å². The van der Waals surface area contributed by atoms with Gasteiger partial charge in [-0.25, -0.2) is 4.79 Å². The van der Waals surface area contributed by atoms with E-state index in [1.165, 1.54) is 4.90 Å². The zero-order valence-electron chi connectivity index (χ0n) is 35.2. The maximum atomic E-state index is 14.3. The first-order chi connectivity index (χ1) is 26.5. The van der Waals surface area contributed by atoms with E-state index in [9.17, 15) is 29.7 Å². The number of allylic oxidation sites excluding steroid dienone is 4. The van der Waals surface area contributed by atoms with Crippen LogP contribution >= 0.6 is 0 Å². The van der Waals surface area contributed by atoms with Crippen molar-refractivity contribution in [2.75, 3.05) is 27.9 Å². The molecule has 0 aromatic rings. The highest BCUT2D eigenvalue weighted by molar-refractivity contribution is 5.85. The molecule has 0 aromatic heterocycles. The third-order valence-electron chi connectivity index (χ3n) is 12.9. The van der Waals surface area contributed by atoms with Crippen molar-refractivity contribution in [1.82, 2.24) is 4.90 Å². The molecule has 3 aliphatic heterocycles. The molecule has 318 valence electrons. The number of ketones is 1. The maximum absolute atomic E-state index is 14.3. The van der Waals surface area contributed by atoms with E-state index in [0.29, 0.717) is 70.8 Å². The third-order valence-corrected chi connectivity index (χ3v) is 12.9. The van der Waals surface area contributed by atoms with Crippen LogP contribution in [0.15, 0.2) is 36.0 Å². The van der Waals surface area contributed by atoms with Gasteiger partial charge in [0.15, 0.2) is 5.79 Å². The number of amides is 1. The minimum Gasteiger partial charge on any atom is -0.456 e. The molecule has 3 N–H and O–H groups in total. The summed E-state index contributed by atoms with van der Waals surface area (Å²) in [4.78, 5) is 43.9. The normalized spacial score (nSPS) is 41.4. The van der Waals surface area contributed by atoms with Crippen LogP contribution in [0.4, 0.5) is 0 Å². The Morgan fingerprint density at radius 2 is 1.62 bits per heavy atom. The largest absolute Gasteiger partial charge is 0.456 e. The van der Waals surface area contributed by atoms with Crippen molar-refractivity contribution in [1.29, 1.82) is 0 Å². The highest BCUT2D eigenvalue weighted by atomic mass is 16.7. The number of methoxy groups -OCH3 is 3. The molecule has 4 aliphatic rings. The van der Waals surface area contributed by atoms with Crippen molar-refractivity contribution in [3.8, 4) is 0 Å². The second-order valence-electron chi connectivity index (χ2n) is 17.4. The summed E-state index contributed by atoms with van der Waals surface area (Å²) in [7, 11) is 4.80. The molecule has 3 fully saturated rings. The minimum absolute atomic E-state index is 0.0378. The Balaban J connectivity index is 1.74. The zero-order chi connectivity index (χ0) is 41.3. The van der Waals surface area contributed by atoms with Gasteiger partial charge >= 0.3 is 5.97 Å². The number of piperidine rings is 1. The Hall–Kier alpha value is -2.45. The first-order valence-corrected chi connectivity index (χ1v) is 20.9. The fourth-order valence-electron chi connectivity index (χ4n) is 9.51. The highest BCUT2D eigenvalue weighted by Crippen LogP contribution is 2.40. The SMILES string of the molecule is C=CC[C@@H]1/C=C(\C)C[C@H](C)C[C@H](OC)[C@H]2O[C@@](O)(CC(=O)N3CCCCC3C(=O)O[C@H](/C(C)=C/C3CC[C@@H](O)[C@H](OC)C3)[C@H](C)[C@H](O)CC1=O)[C@H](C)C[C@@H]2OC. The molecule has 0 radical (unpaired) electrons. The van der Waals surface area contributed by atoms with E-state index in [-0.39, 0.29) is 42.7 Å². The van der Waals surface area contributed by atoms with Crippen LogP contribution in [0.2, 0.25) is 0 Å². The topological polar surface area (TPSA) is 161 Å². The summed E-state index contributed by atoms with van der Waals surface area (Å²) >= 11 is 0. The molecule has 2 bridgehead atoms. The van der Waals surface area contributed by atoms with E-state index in [2.05, 4.69) is 13.5 Å². The number of aliphatic hydroxyl groups excluding tert-OH is 2.